The van der Waals surface area contributed by atoms with E-state index in [0.29, 0.717) is 5.69 Å². The van der Waals surface area contributed by atoms with Gasteiger partial charge >= 0.3 is 12.1 Å². The zero-order chi connectivity index (χ0) is 25.4. The van der Waals surface area contributed by atoms with E-state index in [1.807, 2.05) is 31.3 Å². The first-order valence-corrected chi connectivity index (χ1v) is 12.1. The quantitative estimate of drug-likeness (QED) is 0.387. The Bertz CT molecular complexity index is 1230. The number of benzene rings is 1. The third kappa shape index (κ3) is 5.63. The van der Waals surface area contributed by atoms with Crippen LogP contribution in [0.4, 0.5) is 24.8 Å². The lowest BCUT2D eigenvalue weighted by atomic mass is 9.65. The van der Waals surface area contributed by atoms with Crippen molar-refractivity contribution in [2.45, 2.75) is 52.1 Å². The molecule has 0 bridgehead atoms. The van der Waals surface area contributed by atoms with E-state index >= 15 is 0 Å². The number of esters is 1. The number of hydrogen-bond acceptors (Lipinski definition) is 7. The van der Waals surface area contributed by atoms with Gasteiger partial charge in [0.1, 0.15) is 5.69 Å². The van der Waals surface area contributed by atoms with Gasteiger partial charge in [0.15, 0.2) is 0 Å². The highest BCUT2D eigenvalue weighted by atomic mass is 32.1. The third-order valence-electron chi connectivity index (χ3n) is 6.44. The molecule has 1 saturated carbocycles. The van der Waals surface area contributed by atoms with E-state index in [9.17, 15) is 18.0 Å². The highest BCUT2D eigenvalue weighted by molar-refractivity contribution is 7.15. The number of methoxy groups -OCH3 is 1. The van der Waals surface area contributed by atoms with Gasteiger partial charge in [-0.15, -0.1) is 11.3 Å². The molecule has 3 aromatic rings. The Morgan fingerprint density at radius 3 is 2.66 bits per heavy atom. The third-order valence-corrected chi connectivity index (χ3v) is 7.65. The molecule has 0 aliphatic heterocycles. The van der Waals surface area contributed by atoms with Gasteiger partial charge < -0.3 is 10.1 Å². The van der Waals surface area contributed by atoms with Crippen LogP contribution in [-0.4, -0.2) is 28.0 Å². The minimum absolute atomic E-state index is 0.119. The molecule has 2 aromatic heterocycles. The second-order valence-electron chi connectivity index (χ2n) is 9.58. The molecule has 0 amide bonds. The van der Waals surface area contributed by atoms with E-state index in [0.717, 1.165) is 52.5 Å². The summed E-state index contributed by atoms with van der Waals surface area (Å²) >= 11 is 1.60. The Morgan fingerprint density at radius 2 is 1.97 bits per heavy atom. The maximum Gasteiger partial charge on any atom is 0.433 e. The minimum atomic E-state index is -4.54. The summed E-state index contributed by atoms with van der Waals surface area (Å²) < 4.78 is 44.0. The van der Waals surface area contributed by atoms with Crippen molar-refractivity contribution in [2.75, 3.05) is 12.4 Å². The highest BCUT2D eigenvalue weighted by Crippen LogP contribution is 2.49. The number of nitrogens with one attached hydrogen (secondary N) is 1. The molecule has 2 unspecified atom stereocenters. The lowest BCUT2D eigenvalue weighted by Gasteiger charge is -2.40. The zero-order valence-electron chi connectivity index (χ0n) is 19.9. The van der Waals surface area contributed by atoms with E-state index in [4.69, 9.17) is 4.74 Å². The fourth-order valence-electron chi connectivity index (χ4n) is 4.74. The summed E-state index contributed by atoms with van der Waals surface area (Å²) in [6.45, 7) is 6.12. The Hall–Kier alpha value is -3.01. The molecule has 1 aliphatic rings. The summed E-state index contributed by atoms with van der Waals surface area (Å²) in [6, 6.07) is 6.52. The number of nitrogens with zero attached hydrogens (tertiary/aromatic N) is 3. The number of halogens is 3. The van der Waals surface area contributed by atoms with E-state index in [1.165, 1.54) is 7.11 Å². The molecular formula is C25H27F3N4O2S. The van der Waals surface area contributed by atoms with Crippen molar-refractivity contribution in [2.24, 2.45) is 11.3 Å². The number of aromatic nitrogens is 3. The first-order chi connectivity index (χ1) is 16.5. The van der Waals surface area contributed by atoms with Crippen LogP contribution in [0.25, 0.3) is 10.4 Å². The summed E-state index contributed by atoms with van der Waals surface area (Å²) in [5.41, 5.74) is 1.25. The number of aryl methyl sites for hydroxylation is 1. The number of carbonyl (C=O) groups excluding carboxylic acids is 1. The molecule has 4 rings (SSSR count). The molecule has 6 nitrogen and oxygen atoms in total. The predicted molar refractivity (Wildman–Crippen MR) is 128 cm³/mol. The predicted octanol–water partition coefficient (Wildman–Crippen LogP) is 6.75. The molecule has 1 aromatic carbocycles. The molecule has 10 heteroatoms. The molecule has 1 N–H and O–H groups in total. The number of hydrogen-bond donors (Lipinski definition) is 1. The topological polar surface area (TPSA) is 77.0 Å². The first-order valence-electron chi connectivity index (χ1n) is 11.3. The maximum atomic E-state index is 13.0. The Balaban J connectivity index is 1.54. The van der Waals surface area contributed by atoms with Gasteiger partial charge in [-0.25, -0.2) is 15.0 Å². The van der Waals surface area contributed by atoms with Gasteiger partial charge in [0.25, 0.3) is 0 Å². The Morgan fingerprint density at radius 1 is 1.20 bits per heavy atom. The minimum Gasteiger partial charge on any atom is -0.469 e. The van der Waals surface area contributed by atoms with Crippen LogP contribution in [0.1, 0.15) is 55.3 Å². The summed E-state index contributed by atoms with van der Waals surface area (Å²) in [4.78, 5) is 25.3. The molecule has 0 radical (unpaired) electrons. The molecule has 186 valence electrons. The van der Waals surface area contributed by atoms with E-state index < -0.39 is 11.9 Å². The molecule has 35 heavy (non-hydrogen) atoms. The maximum absolute atomic E-state index is 13.0. The summed E-state index contributed by atoms with van der Waals surface area (Å²) in [7, 11) is 1.43. The largest absolute Gasteiger partial charge is 0.469 e. The number of anilines is 2. The van der Waals surface area contributed by atoms with Crippen LogP contribution >= 0.6 is 11.3 Å². The molecule has 0 saturated heterocycles. The standard InChI is InChI=1S/C25H27F3N4O2S/c1-14-9-16(11-17(10-14)31-23-29-8-7-20(32-23)25(26,27)28)19-13-30-21(35-19)15-5-6-18(22(33)34-4)24(2,3)12-15/h7-11,13,15,18H,5-6,12H2,1-4H3,(H,29,31,32). The lowest BCUT2D eigenvalue weighted by Crippen LogP contribution is -2.37. The van der Waals surface area contributed by atoms with E-state index in [2.05, 4.69) is 34.1 Å². The summed E-state index contributed by atoms with van der Waals surface area (Å²) in [5.74, 6) is -0.138. The van der Waals surface area contributed by atoms with Crippen molar-refractivity contribution >= 4 is 28.9 Å². The first kappa shape index (κ1) is 25.1. The molecule has 2 atom stereocenters. The highest BCUT2D eigenvalue weighted by Gasteiger charge is 2.42. The normalized spacial score (nSPS) is 19.9. The Labute approximate surface area is 206 Å². The van der Waals surface area contributed by atoms with Crippen molar-refractivity contribution < 1.29 is 22.7 Å². The number of carbonyl (C=O) groups is 1. The van der Waals surface area contributed by atoms with Crippen molar-refractivity contribution in [3.63, 3.8) is 0 Å². The number of ether oxygens (including phenoxy) is 1. The van der Waals surface area contributed by atoms with Gasteiger partial charge in [0, 0.05) is 24.0 Å². The zero-order valence-corrected chi connectivity index (χ0v) is 20.8. The van der Waals surface area contributed by atoms with Crippen LogP contribution in [0.5, 0.6) is 0 Å². The molecule has 2 heterocycles. The lowest BCUT2D eigenvalue weighted by molar-refractivity contribution is -0.151. The van der Waals surface area contributed by atoms with Crippen LogP contribution in [0, 0.1) is 18.3 Å². The van der Waals surface area contributed by atoms with Crippen molar-refractivity contribution in [1.82, 2.24) is 15.0 Å². The second kappa shape index (κ2) is 9.56. The number of rotatable bonds is 5. The summed E-state index contributed by atoms with van der Waals surface area (Å²) in [6.07, 6.45) is 0.839. The van der Waals surface area contributed by atoms with Gasteiger partial charge in [-0.3, -0.25) is 4.79 Å². The fraction of sp³-hybridized carbons (Fsp3) is 0.440. The van der Waals surface area contributed by atoms with Crippen LogP contribution in [-0.2, 0) is 15.7 Å². The number of alkyl halides is 3. The molecular weight excluding hydrogens is 477 g/mol. The van der Waals surface area contributed by atoms with Gasteiger partial charge in [-0.05, 0) is 60.9 Å². The SMILES string of the molecule is COC(=O)C1CCC(c2ncc(-c3cc(C)cc(Nc4nccc(C(F)(F)F)n4)c3)s2)CC1(C)C. The monoisotopic (exact) mass is 504 g/mol. The van der Waals surface area contributed by atoms with Crippen molar-refractivity contribution in [1.29, 1.82) is 0 Å². The van der Waals surface area contributed by atoms with Gasteiger partial charge in [0.05, 0.1) is 22.9 Å². The second-order valence-corrected chi connectivity index (χ2v) is 10.6. The van der Waals surface area contributed by atoms with Crippen LogP contribution in [0.3, 0.4) is 0 Å². The average Bonchev–Trinajstić information content (AvgIpc) is 3.28. The fourth-order valence-corrected chi connectivity index (χ4v) is 5.78. The van der Waals surface area contributed by atoms with Crippen LogP contribution in [0.15, 0.2) is 36.7 Å². The van der Waals surface area contributed by atoms with Crippen molar-refractivity contribution in [3.8, 4) is 10.4 Å². The average molecular weight is 505 g/mol. The van der Waals surface area contributed by atoms with Gasteiger partial charge in [-0.1, -0.05) is 19.9 Å². The number of thiazole rings is 1. The Kier molecular flexibility index (Phi) is 6.86. The van der Waals surface area contributed by atoms with Crippen LogP contribution in [0.2, 0.25) is 0 Å². The molecule has 1 aliphatic carbocycles. The van der Waals surface area contributed by atoms with E-state index in [1.54, 1.807) is 11.3 Å². The summed E-state index contributed by atoms with van der Waals surface area (Å²) in [5, 5.41) is 3.91. The smallest absolute Gasteiger partial charge is 0.433 e. The molecule has 1 fully saturated rings. The van der Waals surface area contributed by atoms with Gasteiger partial charge in [-0.2, -0.15) is 13.2 Å². The van der Waals surface area contributed by atoms with Gasteiger partial charge in [0.2, 0.25) is 5.95 Å². The van der Waals surface area contributed by atoms with Crippen molar-refractivity contribution in [3.05, 3.63) is 52.9 Å². The molecule has 0 spiro atoms. The van der Waals surface area contributed by atoms with E-state index in [-0.39, 0.29) is 29.2 Å². The van der Waals surface area contributed by atoms with Crippen LogP contribution < -0.4 is 5.32 Å².